The van der Waals surface area contributed by atoms with Crippen LogP contribution in [-0.2, 0) is 16.3 Å². The van der Waals surface area contributed by atoms with Crippen molar-refractivity contribution in [3.63, 3.8) is 0 Å². The smallest absolute Gasteiger partial charge is 0.258 e. The minimum Gasteiger partial charge on any atom is -0.381 e. The average molecular weight is 503 g/mol. The molecule has 0 aromatic carbocycles. The number of imidazole rings is 1. The zero-order valence-electron chi connectivity index (χ0n) is 18.3. The second kappa shape index (κ2) is 8.44. The minimum absolute atomic E-state index is 0.0736. The van der Waals surface area contributed by atoms with Crippen molar-refractivity contribution in [2.45, 2.75) is 18.6 Å². The molecule has 1 aliphatic heterocycles. The number of rotatable bonds is 5. The van der Waals surface area contributed by atoms with Crippen LogP contribution in [0.25, 0.3) is 11.2 Å². The Morgan fingerprint density at radius 1 is 1.38 bits per heavy atom. The number of carbonyl (C=O) groups is 1. The molecule has 0 radical (unpaired) electrons. The van der Waals surface area contributed by atoms with E-state index in [1.165, 1.54) is 4.52 Å². The molecule has 11 nitrogen and oxygen atoms in total. The van der Waals surface area contributed by atoms with Gasteiger partial charge in [-0.1, -0.05) is 11.6 Å². The van der Waals surface area contributed by atoms with Gasteiger partial charge < -0.3 is 16.0 Å². The normalized spacial score (nSPS) is 17.9. The van der Waals surface area contributed by atoms with Crippen LogP contribution >= 0.6 is 11.6 Å². The minimum atomic E-state index is -3.11. The molecule has 1 unspecified atom stereocenters. The number of amides is 1. The van der Waals surface area contributed by atoms with E-state index in [-0.39, 0.29) is 23.0 Å². The fourth-order valence-corrected chi connectivity index (χ4v) is 5.85. The Balaban J connectivity index is 1.41. The van der Waals surface area contributed by atoms with Crippen molar-refractivity contribution >= 4 is 50.1 Å². The van der Waals surface area contributed by atoms with Gasteiger partial charge in [-0.05, 0) is 31.0 Å². The van der Waals surface area contributed by atoms with E-state index < -0.39 is 15.1 Å². The van der Waals surface area contributed by atoms with Crippen LogP contribution in [0.2, 0.25) is 5.02 Å². The number of anilines is 2. The van der Waals surface area contributed by atoms with Crippen LogP contribution in [0.1, 0.15) is 22.8 Å². The Kier molecular flexibility index (Phi) is 5.56. The molecule has 1 atom stereocenters. The largest absolute Gasteiger partial charge is 0.381 e. The first-order valence-electron chi connectivity index (χ1n) is 10.7. The van der Waals surface area contributed by atoms with Gasteiger partial charge in [0.1, 0.15) is 17.7 Å². The summed E-state index contributed by atoms with van der Waals surface area (Å²) in [5.74, 6) is 0.623. The molecule has 4 aromatic heterocycles. The standard InChI is InChI=1S/C21H23ClN8O3S/c1-13-11-28(7-8-34(13,32)33)21-14(9-15(22)16-10-24-12-29(16)21)3-5-26-20(31)17-18(23)27-30-6-2-4-25-19(17)30/h2,4,6,9-10,12-13H,3,5,7-8,11H2,1H3,(H2,23,27)(H,26,31). The molecule has 4 aromatic rings. The number of aromatic nitrogens is 5. The van der Waals surface area contributed by atoms with E-state index in [2.05, 4.69) is 20.4 Å². The van der Waals surface area contributed by atoms with Crippen molar-refractivity contribution in [1.29, 1.82) is 0 Å². The van der Waals surface area contributed by atoms with Gasteiger partial charge in [0, 0.05) is 32.0 Å². The van der Waals surface area contributed by atoms with Gasteiger partial charge in [-0.25, -0.2) is 22.9 Å². The highest BCUT2D eigenvalue weighted by Gasteiger charge is 2.31. The molecule has 0 saturated carbocycles. The Labute approximate surface area is 200 Å². The lowest BCUT2D eigenvalue weighted by molar-refractivity contribution is 0.0956. The predicted molar refractivity (Wildman–Crippen MR) is 129 cm³/mol. The predicted octanol–water partition coefficient (Wildman–Crippen LogP) is 1.21. The molecule has 5 heterocycles. The van der Waals surface area contributed by atoms with Crippen LogP contribution in [0.15, 0.2) is 37.1 Å². The monoisotopic (exact) mass is 502 g/mol. The quantitative estimate of drug-likeness (QED) is 0.415. The summed E-state index contributed by atoms with van der Waals surface area (Å²) < 4.78 is 27.8. The summed E-state index contributed by atoms with van der Waals surface area (Å²) in [6.45, 7) is 2.75. The summed E-state index contributed by atoms with van der Waals surface area (Å²) in [7, 11) is -3.11. The summed E-state index contributed by atoms with van der Waals surface area (Å²) in [6, 6.07) is 3.55. The van der Waals surface area contributed by atoms with E-state index in [1.54, 1.807) is 37.9 Å². The Hall–Kier alpha value is -3.38. The second-order valence-corrected chi connectivity index (χ2v) is 11.2. The molecule has 34 heavy (non-hydrogen) atoms. The number of nitrogens with one attached hydrogen (secondary N) is 1. The van der Waals surface area contributed by atoms with E-state index in [1.807, 2.05) is 15.4 Å². The summed E-state index contributed by atoms with van der Waals surface area (Å²) in [6.07, 6.45) is 7.03. The third-order valence-corrected chi connectivity index (χ3v) is 8.49. The summed E-state index contributed by atoms with van der Waals surface area (Å²) in [5.41, 5.74) is 8.15. The Bertz CT molecular complexity index is 1510. The third kappa shape index (κ3) is 3.82. The number of halogens is 1. The fraction of sp³-hybridized carbons (Fsp3) is 0.333. The molecule has 1 aliphatic rings. The van der Waals surface area contributed by atoms with Crippen molar-refractivity contribution in [2.24, 2.45) is 0 Å². The molecule has 13 heteroatoms. The van der Waals surface area contributed by atoms with E-state index in [0.29, 0.717) is 36.7 Å². The lowest BCUT2D eigenvalue weighted by Crippen LogP contribution is -2.46. The zero-order valence-corrected chi connectivity index (χ0v) is 19.9. The second-order valence-electron chi connectivity index (χ2n) is 8.27. The van der Waals surface area contributed by atoms with Gasteiger partial charge in [-0.3, -0.25) is 9.20 Å². The van der Waals surface area contributed by atoms with E-state index in [4.69, 9.17) is 17.3 Å². The molecular formula is C21H23ClN8O3S. The van der Waals surface area contributed by atoms with Crippen LogP contribution in [0.5, 0.6) is 0 Å². The SMILES string of the molecule is CC1CN(c2c(CCNC(=O)c3c(N)nn4cccnc34)cc(Cl)c3cncn23)CCS1(=O)=O. The summed E-state index contributed by atoms with van der Waals surface area (Å²) in [5, 5.41) is 7.04. The highest BCUT2D eigenvalue weighted by Crippen LogP contribution is 2.31. The van der Waals surface area contributed by atoms with Crippen LogP contribution in [0, 0.1) is 0 Å². The average Bonchev–Trinajstić information content (AvgIpc) is 3.40. The third-order valence-electron chi connectivity index (χ3n) is 6.06. The van der Waals surface area contributed by atoms with Gasteiger partial charge >= 0.3 is 0 Å². The molecule has 178 valence electrons. The summed E-state index contributed by atoms with van der Waals surface area (Å²) >= 11 is 6.50. The van der Waals surface area contributed by atoms with Crippen molar-refractivity contribution in [3.8, 4) is 0 Å². The number of fused-ring (bicyclic) bond motifs is 2. The van der Waals surface area contributed by atoms with Gasteiger partial charge in [0.2, 0.25) is 0 Å². The molecule has 0 aliphatic carbocycles. The van der Waals surface area contributed by atoms with Gasteiger partial charge in [0.05, 0.1) is 27.7 Å². The van der Waals surface area contributed by atoms with Crippen molar-refractivity contribution in [2.75, 3.05) is 36.0 Å². The van der Waals surface area contributed by atoms with Gasteiger partial charge in [0.25, 0.3) is 5.91 Å². The van der Waals surface area contributed by atoms with Crippen molar-refractivity contribution in [3.05, 3.63) is 53.2 Å². The maximum atomic E-state index is 12.9. The van der Waals surface area contributed by atoms with Gasteiger partial charge in [0.15, 0.2) is 21.3 Å². The van der Waals surface area contributed by atoms with Crippen molar-refractivity contribution < 1.29 is 13.2 Å². The van der Waals surface area contributed by atoms with Crippen LogP contribution < -0.4 is 16.0 Å². The van der Waals surface area contributed by atoms with Crippen molar-refractivity contribution in [1.82, 2.24) is 29.3 Å². The molecular weight excluding hydrogens is 480 g/mol. The number of hydrogen-bond acceptors (Lipinski definition) is 8. The first-order valence-corrected chi connectivity index (χ1v) is 12.8. The van der Waals surface area contributed by atoms with E-state index in [9.17, 15) is 13.2 Å². The molecule has 1 saturated heterocycles. The maximum absolute atomic E-state index is 12.9. The van der Waals surface area contributed by atoms with E-state index >= 15 is 0 Å². The topological polar surface area (TPSA) is 140 Å². The molecule has 0 bridgehead atoms. The molecule has 5 rings (SSSR count). The number of pyridine rings is 1. The number of nitrogens with zero attached hydrogens (tertiary/aromatic N) is 6. The number of nitrogen functional groups attached to an aromatic ring is 1. The molecule has 3 N–H and O–H groups in total. The number of sulfone groups is 1. The molecule has 1 fully saturated rings. The van der Waals surface area contributed by atoms with Crippen LogP contribution in [0.4, 0.5) is 11.6 Å². The Morgan fingerprint density at radius 2 is 2.21 bits per heavy atom. The maximum Gasteiger partial charge on any atom is 0.258 e. The van der Waals surface area contributed by atoms with Gasteiger partial charge in [-0.15, -0.1) is 5.10 Å². The molecule has 1 amide bonds. The first-order chi connectivity index (χ1) is 16.3. The Morgan fingerprint density at radius 3 is 3.00 bits per heavy atom. The lowest BCUT2D eigenvalue weighted by atomic mass is 10.1. The number of carbonyl (C=O) groups excluding carboxylic acids is 1. The van der Waals surface area contributed by atoms with E-state index in [0.717, 1.165) is 16.9 Å². The highest BCUT2D eigenvalue weighted by atomic mass is 35.5. The van der Waals surface area contributed by atoms with Crippen LogP contribution in [0.3, 0.4) is 0 Å². The zero-order chi connectivity index (χ0) is 24.0. The summed E-state index contributed by atoms with van der Waals surface area (Å²) in [4.78, 5) is 23.3. The number of hydrogen-bond donors (Lipinski definition) is 2. The van der Waals surface area contributed by atoms with Crippen LogP contribution in [-0.4, -0.2) is 68.9 Å². The number of nitrogens with two attached hydrogens (primary N) is 1. The van der Waals surface area contributed by atoms with Gasteiger partial charge in [-0.2, -0.15) is 0 Å². The fourth-order valence-electron chi connectivity index (χ4n) is 4.29. The molecule has 0 spiro atoms. The highest BCUT2D eigenvalue weighted by molar-refractivity contribution is 7.92. The lowest BCUT2D eigenvalue weighted by Gasteiger charge is -2.34. The first kappa shape index (κ1) is 22.4.